The molecule has 0 bridgehead atoms. The molecule has 1 heterocycles. The maximum Gasteiger partial charge on any atom is 0.0513 e. The third-order valence-corrected chi connectivity index (χ3v) is 4.36. The van der Waals surface area contributed by atoms with Gasteiger partial charge in [-0.05, 0) is 45.6 Å². The van der Waals surface area contributed by atoms with Crippen LogP contribution in [-0.2, 0) is 4.74 Å². The number of nitrogens with one attached hydrogen (secondary N) is 1. The van der Waals surface area contributed by atoms with Gasteiger partial charge in [0.15, 0.2) is 0 Å². The Bertz CT molecular complexity index is 271. The van der Waals surface area contributed by atoms with Crippen molar-refractivity contribution in [2.24, 2.45) is 11.7 Å². The van der Waals surface area contributed by atoms with E-state index in [1.807, 2.05) is 0 Å². The molecule has 0 aromatic carbocycles. The van der Waals surface area contributed by atoms with Gasteiger partial charge in [-0.2, -0.15) is 0 Å². The molecule has 98 valence electrons. The molecule has 1 saturated heterocycles. The van der Waals surface area contributed by atoms with E-state index < -0.39 is 0 Å². The summed E-state index contributed by atoms with van der Waals surface area (Å²) in [6, 6.07) is 0. The first kappa shape index (κ1) is 13.1. The van der Waals surface area contributed by atoms with E-state index in [1.165, 1.54) is 25.7 Å². The van der Waals surface area contributed by atoms with Crippen LogP contribution in [0.15, 0.2) is 11.6 Å². The fraction of sp³-hybridized carbons (Fsp3) is 0.857. The van der Waals surface area contributed by atoms with Gasteiger partial charge in [-0.25, -0.2) is 0 Å². The van der Waals surface area contributed by atoms with E-state index in [2.05, 4.69) is 18.3 Å². The molecular formula is C14H26N2O. The number of ether oxygens (including phenoxy) is 1. The lowest BCUT2D eigenvalue weighted by atomic mass is 9.85. The van der Waals surface area contributed by atoms with Crippen LogP contribution in [0.2, 0.25) is 0 Å². The highest BCUT2D eigenvalue weighted by atomic mass is 16.5. The normalized spacial score (nSPS) is 28.1. The summed E-state index contributed by atoms with van der Waals surface area (Å²) in [5.74, 6) is 0.574. The molecule has 3 N–H and O–H groups in total. The largest absolute Gasteiger partial charge is 0.381 e. The van der Waals surface area contributed by atoms with E-state index in [0.29, 0.717) is 12.5 Å². The van der Waals surface area contributed by atoms with Gasteiger partial charge in [0.1, 0.15) is 0 Å². The zero-order valence-corrected chi connectivity index (χ0v) is 11.0. The van der Waals surface area contributed by atoms with Crippen molar-refractivity contribution in [1.82, 2.24) is 5.32 Å². The van der Waals surface area contributed by atoms with Gasteiger partial charge in [0.05, 0.1) is 6.61 Å². The topological polar surface area (TPSA) is 47.3 Å². The monoisotopic (exact) mass is 238 g/mol. The van der Waals surface area contributed by atoms with Crippen molar-refractivity contribution in [3.05, 3.63) is 11.6 Å². The molecule has 0 radical (unpaired) electrons. The molecule has 0 aromatic rings. The van der Waals surface area contributed by atoms with Gasteiger partial charge in [-0.3, -0.25) is 0 Å². The van der Waals surface area contributed by atoms with Gasteiger partial charge < -0.3 is 15.8 Å². The van der Waals surface area contributed by atoms with Crippen molar-refractivity contribution in [3.63, 3.8) is 0 Å². The van der Waals surface area contributed by atoms with Crippen LogP contribution in [0.4, 0.5) is 0 Å². The summed E-state index contributed by atoms with van der Waals surface area (Å²) in [7, 11) is 0. The van der Waals surface area contributed by atoms with E-state index in [-0.39, 0.29) is 5.54 Å². The number of rotatable bonds is 6. The number of hydrogen-bond donors (Lipinski definition) is 2. The van der Waals surface area contributed by atoms with Crippen LogP contribution in [0.25, 0.3) is 0 Å². The third kappa shape index (κ3) is 3.30. The lowest BCUT2D eigenvalue weighted by molar-refractivity contribution is 0.155. The van der Waals surface area contributed by atoms with Crippen LogP contribution in [0.5, 0.6) is 0 Å². The highest BCUT2D eigenvalue weighted by Crippen LogP contribution is 2.26. The molecule has 1 aliphatic carbocycles. The first-order valence-corrected chi connectivity index (χ1v) is 6.95. The maximum atomic E-state index is 5.95. The van der Waals surface area contributed by atoms with Crippen molar-refractivity contribution < 1.29 is 4.74 Å². The summed E-state index contributed by atoms with van der Waals surface area (Å²) < 4.78 is 5.48. The smallest absolute Gasteiger partial charge is 0.0513 e. The lowest BCUT2D eigenvalue weighted by Crippen LogP contribution is -2.54. The summed E-state index contributed by atoms with van der Waals surface area (Å²) in [6.45, 7) is 5.75. The maximum absolute atomic E-state index is 5.95. The zero-order valence-electron chi connectivity index (χ0n) is 11.0. The molecule has 0 saturated carbocycles. The fourth-order valence-corrected chi connectivity index (χ4v) is 2.89. The van der Waals surface area contributed by atoms with Gasteiger partial charge in [-0.15, -0.1) is 0 Å². The Morgan fingerprint density at radius 2 is 2.47 bits per heavy atom. The van der Waals surface area contributed by atoms with E-state index >= 15 is 0 Å². The molecule has 3 nitrogen and oxygen atoms in total. The first-order valence-electron chi connectivity index (χ1n) is 6.95. The van der Waals surface area contributed by atoms with Crippen molar-refractivity contribution >= 4 is 0 Å². The molecular weight excluding hydrogens is 212 g/mol. The fourth-order valence-electron chi connectivity index (χ4n) is 2.89. The van der Waals surface area contributed by atoms with E-state index in [9.17, 15) is 0 Å². The highest BCUT2D eigenvalue weighted by molar-refractivity contribution is 5.08. The van der Waals surface area contributed by atoms with Crippen LogP contribution in [0.1, 0.15) is 39.0 Å². The Morgan fingerprint density at radius 3 is 3.06 bits per heavy atom. The van der Waals surface area contributed by atoms with Crippen LogP contribution in [0, 0.1) is 5.92 Å². The van der Waals surface area contributed by atoms with Crippen LogP contribution < -0.4 is 11.1 Å². The molecule has 17 heavy (non-hydrogen) atoms. The van der Waals surface area contributed by atoms with Crippen LogP contribution >= 0.6 is 0 Å². The molecule has 0 spiro atoms. The first-order chi connectivity index (χ1) is 8.24. The Balaban J connectivity index is 1.77. The molecule has 0 amide bonds. The number of allylic oxidation sites excluding steroid dienone is 1. The summed E-state index contributed by atoms with van der Waals surface area (Å²) in [5, 5.41) is 3.67. The predicted octanol–water partition coefficient (Wildman–Crippen LogP) is 1.83. The Kier molecular flexibility index (Phi) is 4.60. The Labute approximate surface area is 105 Å². The summed E-state index contributed by atoms with van der Waals surface area (Å²) >= 11 is 0. The molecule has 1 aliphatic heterocycles. The van der Waals surface area contributed by atoms with Crippen molar-refractivity contribution in [2.75, 3.05) is 26.3 Å². The standard InChI is InChI=1S/C14H26N2O/c1-14(11-15,13-7-9-17-10-13)16-8-6-12-4-2-3-5-12/h4,13,16H,2-3,5-11,15H2,1H3. The quantitative estimate of drug-likeness (QED) is 0.694. The van der Waals surface area contributed by atoms with Crippen molar-refractivity contribution in [1.29, 1.82) is 0 Å². The molecule has 2 atom stereocenters. The zero-order chi connectivity index (χ0) is 12.1. The SMILES string of the molecule is CC(CN)(NCCC1=CCCC1)C1CCOC1. The number of hydrogen-bond acceptors (Lipinski definition) is 3. The summed E-state index contributed by atoms with van der Waals surface area (Å²) in [5.41, 5.74) is 7.62. The Morgan fingerprint density at radius 1 is 1.59 bits per heavy atom. The minimum Gasteiger partial charge on any atom is -0.381 e. The van der Waals surface area contributed by atoms with Gasteiger partial charge in [0.25, 0.3) is 0 Å². The predicted molar refractivity (Wildman–Crippen MR) is 70.9 cm³/mol. The van der Waals surface area contributed by atoms with Crippen molar-refractivity contribution in [3.8, 4) is 0 Å². The third-order valence-electron chi connectivity index (χ3n) is 4.36. The molecule has 2 aliphatic rings. The summed E-state index contributed by atoms with van der Waals surface area (Å²) in [4.78, 5) is 0. The molecule has 0 aromatic heterocycles. The highest BCUT2D eigenvalue weighted by Gasteiger charge is 2.34. The van der Waals surface area contributed by atoms with Gasteiger partial charge in [0, 0.05) is 24.6 Å². The average molecular weight is 238 g/mol. The van der Waals surface area contributed by atoms with E-state index in [0.717, 1.165) is 26.2 Å². The van der Waals surface area contributed by atoms with Gasteiger partial charge in [0.2, 0.25) is 0 Å². The molecule has 2 unspecified atom stereocenters. The number of nitrogens with two attached hydrogens (primary N) is 1. The minimum absolute atomic E-state index is 0.0513. The molecule has 1 fully saturated rings. The Hall–Kier alpha value is -0.380. The minimum atomic E-state index is 0.0513. The molecule has 2 rings (SSSR count). The lowest BCUT2D eigenvalue weighted by Gasteiger charge is -2.35. The second-order valence-corrected chi connectivity index (χ2v) is 5.61. The molecule has 3 heteroatoms. The van der Waals surface area contributed by atoms with E-state index in [4.69, 9.17) is 10.5 Å². The summed E-state index contributed by atoms with van der Waals surface area (Å²) in [6.07, 6.45) is 8.65. The average Bonchev–Trinajstić information content (AvgIpc) is 3.01. The second kappa shape index (κ2) is 5.98. The van der Waals surface area contributed by atoms with Gasteiger partial charge >= 0.3 is 0 Å². The van der Waals surface area contributed by atoms with Gasteiger partial charge in [-0.1, -0.05) is 11.6 Å². The van der Waals surface area contributed by atoms with Crippen LogP contribution in [-0.4, -0.2) is 31.8 Å². The van der Waals surface area contributed by atoms with Crippen LogP contribution in [0.3, 0.4) is 0 Å². The second-order valence-electron chi connectivity index (χ2n) is 5.61. The van der Waals surface area contributed by atoms with Crippen molar-refractivity contribution in [2.45, 2.75) is 44.6 Å². The van der Waals surface area contributed by atoms with E-state index in [1.54, 1.807) is 5.57 Å².